The Morgan fingerprint density at radius 1 is 1.47 bits per heavy atom. The van der Waals surface area contributed by atoms with E-state index in [1.165, 1.54) is 0 Å². The molecule has 3 atom stereocenters. The largest absolute Gasteiger partial charge is 0.373 e. The molecule has 3 nitrogen and oxygen atoms in total. The molecule has 1 aromatic heterocycles. The molecule has 1 N–H and O–H groups in total. The molecule has 0 bridgehead atoms. The van der Waals surface area contributed by atoms with Gasteiger partial charge in [-0.25, -0.2) is 4.98 Å². The Morgan fingerprint density at radius 2 is 2.27 bits per heavy atom. The van der Waals surface area contributed by atoms with E-state index in [0.717, 1.165) is 16.8 Å². The predicted molar refractivity (Wildman–Crippen MR) is 64.0 cm³/mol. The summed E-state index contributed by atoms with van der Waals surface area (Å²) in [4.78, 5) is 4.35. The van der Waals surface area contributed by atoms with Crippen LogP contribution in [0.3, 0.4) is 0 Å². The summed E-state index contributed by atoms with van der Waals surface area (Å²) in [6.45, 7) is 4.20. The second-order valence-electron chi connectivity index (χ2n) is 3.98. The SMILES string of the molecule is CC1CC(Nc2cccc(Br)n2)C(C)O1. The molecule has 1 saturated heterocycles. The monoisotopic (exact) mass is 270 g/mol. The quantitative estimate of drug-likeness (QED) is 0.840. The van der Waals surface area contributed by atoms with E-state index in [1.807, 2.05) is 18.2 Å². The first-order valence-corrected chi connectivity index (χ1v) is 5.99. The van der Waals surface area contributed by atoms with Gasteiger partial charge in [0.15, 0.2) is 0 Å². The lowest BCUT2D eigenvalue weighted by molar-refractivity contribution is 0.0650. The van der Waals surface area contributed by atoms with Gasteiger partial charge in [0.05, 0.1) is 18.2 Å². The van der Waals surface area contributed by atoms with Crippen LogP contribution in [0.15, 0.2) is 22.8 Å². The van der Waals surface area contributed by atoms with Gasteiger partial charge in [-0.05, 0) is 48.3 Å². The highest BCUT2D eigenvalue weighted by molar-refractivity contribution is 9.10. The van der Waals surface area contributed by atoms with Crippen molar-refractivity contribution in [1.82, 2.24) is 4.98 Å². The van der Waals surface area contributed by atoms with Crippen molar-refractivity contribution in [2.75, 3.05) is 5.32 Å². The maximum absolute atomic E-state index is 5.67. The van der Waals surface area contributed by atoms with E-state index < -0.39 is 0 Å². The molecular formula is C11H15BrN2O. The van der Waals surface area contributed by atoms with Crippen LogP contribution in [0.1, 0.15) is 20.3 Å². The molecule has 0 amide bonds. The molecule has 1 aliphatic heterocycles. The van der Waals surface area contributed by atoms with Gasteiger partial charge in [0.25, 0.3) is 0 Å². The van der Waals surface area contributed by atoms with Crippen LogP contribution in [0.2, 0.25) is 0 Å². The number of nitrogens with zero attached hydrogens (tertiary/aromatic N) is 1. The molecule has 1 aliphatic rings. The Hall–Kier alpha value is -0.610. The summed E-state index contributed by atoms with van der Waals surface area (Å²) in [6, 6.07) is 6.23. The van der Waals surface area contributed by atoms with Crippen molar-refractivity contribution in [3.8, 4) is 0 Å². The van der Waals surface area contributed by atoms with Crippen molar-refractivity contribution >= 4 is 21.7 Å². The standard InChI is InChI=1S/C11H15BrN2O/c1-7-6-9(8(2)15-7)13-11-5-3-4-10(12)14-11/h3-5,7-9H,6H2,1-2H3,(H,13,14). The van der Waals surface area contributed by atoms with E-state index in [-0.39, 0.29) is 6.10 Å². The van der Waals surface area contributed by atoms with Gasteiger partial charge in [-0.3, -0.25) is 0 Å². The van der Waals surface area contributed by atoms with Crippen LogP contribution in [-0.4, -0.2) is 23.2 Å². The Morgan fingerprint density at radius 3 is 2.87 bits per heavy atom. The first-order valence-electron chi connectivity index (χ1n) is 5.19. The van der Waals surface area contributed by atoms with Crippen molar-refractivity contribution < 1.29 is 4.74 Å². The molecule has 2 heterocycles. The zero-order chi connectivity index (χ0) is 10.8. The lowest BCUT2D eigenvalue weighted by atomic mass is 10.1. The molecule has 15 heavy (non-hydrogen) atoms. The zero-order valence-electron chi connectivity index (χ0n) is 8.90. The Labute approximate surface area is 98.4 Å². The van der Waals surface area contributed by atoms with Crippen molar-refractivity contribution in [1.29, 1.82) is 0 Å². The van der Waals surface area contributed by atoms with Gasteiger partial charge in [0.2, 0.25) is 0 Å². The van der Waals surface area contributed by atoms with E-state index in [0.29, 0.717) is 12.1 Å². The lowest BCUT2D eigenvalue weighted by Crippen LogP contribution is -2.27. The summed E-state index contributed by atoms with van der Waals surface area (Å²) in [6.07, 6.45) is 1.63. The number of ether oxygens (including phenoxy) is 1. The van der Waals surface area contributed by atoms with Crippen LogP contribution in [0.4, 0.5) is 5.82 Å². The van der Waals surface area contributed by atoms with Crippen LogP contribution in [0.5, 0.6) is 0 Å². The number of nitrogens with one attached hydrogen (secondary N) is 1. The van der Waals surface area contributed by atoms with Gasteiger partial charge >= 0.3 is 0 Å². The van der Waals surface area contributed by atoms with Crippen molar-refractivity contribution in [3.05, 3.63) is 22.8 Å². The highest BCUT2D eigenvalue weighted by Gasteiger charge is 2.29. The molecule has 0 spiro atoms. The van der Waals surface area contributed by atoms with Crippen molar-refractivity contribution in [2.24, 2.45) is 0 Å². The number of hydrogen-bond donors (Lipinski definition) is 1. The first-order chi connectivity index (χ1) is 7.15. The minimum absolute atomic E-state index is 0.251. The third-order valence-electron chi connectivity index (χ3n) is 2.65. The fourth-order valence-electron chi connectivity index (χ4n) is 1.92. The number of pyridine rings is 1. The molecule has 0 radical (unpaired) electrons. The van der Waals surface area contributed by atoms with Gasteiger partial charge in [0, 0.05) is 0 Å². The minimum Gasteiger partial charge on any atom is -0.373 e. The van der Waals surface area contributed by atoms with E-state index in [1.54, 1.807) is 0 Å². The summed E-state index contributed by atoms with van der Waals surface area (Å²) in [7, 11) is 0. The van der Waals surface area contributed by atoms with Gasteiger partial charge in [-0.15, -0.1) is 0 Å². The fraction of sp³-hybridized carbons (Fsp3) is 0.545. The topological polar surface area (TPSA) is 34.2 Å². The third kappa shape index (κ3) is 2.69. The van der Waals surface area contributed by atoms with Crippen LogP contribution < -0.4 is 5.32 Å². The number of anilines is 1. The van der Waals surface area contributed by atoms with Gasteiger partial charge in [-0.2, -0.15) is 0 Å². The molecule has 82 valence electrons. The smallest absolute Gasteiger partial charge is 0.127 e. The molecule has 0 aromatic carbocycles. The Balaban J connectivity index is 2.03. The molecule has 4 heteroatoms. The minimum atomic E-state index is 0.251. The van der Waals surface area contributed by atoms with E-state index in [9.17, 15) is 0 Å². The number of hydrogen-bond acceptors (Lipinski definition) is 3. The highest BCUT2D eigenvalue weighted by Crippen LogP contribution is 2.23. The second kappa shape index (κ2) is 4.49. The second-order valence-corrected chi connectivity index (χ2v) is 4.80. The third-order valence-corrected chi connectivity index (χ3v) is 3.09. The summed E-state index contributed by atoms with van der Waals surface area (Å²) in [5, 5.41) is 3.40. The normalized spacial score (nSPS) is 30.5. The van der Waals surface area contributed by atoms with Gasteiger partial charge in [0.1, 0.15) is 10.4 Å². The average molecular weight is 271 g/mol. The highest BCUT2D eigenvalue weighted by atomic mass is 79.9. The maximum atomic E-state index is 5.67. The molecule has 0 saturated carbocycles. The van der Waals surface area contributed by atoms with Crippen LogP contribution in [-0.2, 0) is 4.74 Å². The maximum Gasteiger partial charge on any atom is 0.127 e. The molecule has 3 unspecified atom stereocenters. The van der Waals surface area contributed by atoms with Crippen molar-refractivity contribution in [2.45, 2.75) is 38.5 Å². The van der Waals surface area contributed by atoms with Gasteiger partial charge in [-0.1, -0.05) is 6.07 Å². The van der Waals surface area contributed by atoms with Crippen LogP contribution in [0.25, 0.3) is 0 Å². The Bertz CT molecular complexity index is 345. The molecule has 1 fully saturated rings. The number of aromatic nitrogens is 1. The van der Waals surface area contributed by atoms with E-state index in [4.69, 9.17) is 4.74 Å². The molecule has 2 rings (SSSR count). The van der Waals surface area contributed by atoms with Crippen LogP contribution >= 0.6 is 15.9 Å². The number of halogens is 1. The average Bonchev–Trinajstić information content (AvgIpc) is 2.45. The van der Waals surface area contributed by atoms with E-state index >= 15 is 0 Å². The summed E-state index contributed by atoms with van der Waals surface area (Å²) in [5.41, 5.74) is 0. The molecule has 1 aromatic rings. The van der Waals surface area contributed by atoms with Gasteiger partial charge < -0.3 is 10.1 Å². The van der Waals surface area contributed by atoms with Crippen LogP contribution in [0, 0.1) is 0 Å². The Kier molecular flexibility index (Phi) is 3.26. The van der Waals surface area contributed by atoms with E-state index in [2.05, 4.69) is 40.1 Å². The summed E-state index contributed by atoms with van der Waals surface area (Å²) in [5.74, 6) is 0.902. The summed E-state index contributed by atoms with van der Waals surface area (Å²) >= 11 is 3.36. The van der Waals surface area contributed by atoms with Crippen molar-refractivity contribution in [3.63, 3.8) is 0 Å². The molecule has 0 aliphatic carbocycles. The predicted octanol–water partition coefficient (Wildman–Crippen LogP) is 2.82. The molecular weight excluding hydrogens is 256 g/mol. The summed E-state index contributed by atoms with van der Waals surface area (Å²) < 4.78 is 6.53. The fourth-order valence-corrected chi connectivity index (χ4v) is 2.26. The zero-order valence-corrected chi connectivity index (χ0v) is 10.5. The first kappa shape index (κ1) is 10.9. The number of rotatable bonds is 2. The lowest BCUT2D eigenvalue weighted by Gasteiger charge is -2.16.